The molecule has 0 atom stereocenters. The Morgan fingerprint density at radius 2 is 1.34 bits per heavy atom. The van der Waals surface area contributed by atoms with E-state index in [1.807, 2.05) is 89.6 Å². The van der Waals surface area contributed by atoms with Crippen LogP contribution in [0, 0.1) is 29.8 Å². The van der Waals surface area contributed by atoms with Gasteiger partial charge >= 0.3 is 0 Å². The summed E-state index contributed by atoms with van der Waals surface area (Å²) >= 11 is 0. The number of pyridine rings is 1. The van der Waals surface area contributed by atoms with Crippen molar-refractivity contribution in [3.05, 3.63) is 212 Å². The molecular weight excluding hydrogens is 1010 g/mol. The Balaban J connectivity index is 0.00000494. The average Bonchev–Trinajstić information content (AvgIpc) is 4.03. The molecule has 12 rings (SSSR count). The zero-order chi connectivity index (χ0) is 44.5. The number of fused-ring (bicyclic) bond motifs is 7. The molecule has 0 spiro atoms. The van der Waals surface area contributed by atoms with Crippen molar-refractivity contribution in [2.75, 3.05) is 0 Å². The maximum absolute atomic E-state index is 9.96. The van der Waals surface area contributed by atoms with Crippen LogP contribution in [0.3, 0.4) is 0 Å². The van der Waals surface area contributed by atoms with Crippen molar-refractivity contribution in [2.24, 2.45) is 0 Å². The van der Waals surface area contributed by atoms with Gasteiger partial charge in [-0.2, -0.15) is 23.5 Å². The molecule has 0 fully saturated rings. The number of rotatable bonds is 7. The topological polar surface area (TPSA) is 72.8 Å². The molecule has 4 aromatic heterocycles. The molecule has 8 aromatic carbocycles. The van der Waals surface area contributed by atoms with Gasteiger partial charge in [0, 0.05) is 55.1 Å². The maximum Gasteiger partial charge on any atom is 0.268 e. The summed E-state index contributed by atoms with van der Waals surface area (Å²) in [6, 6.07) is 69.0. The summed E-state index contributed by atoms with van der Waals surface area (Å²) in [7, 11) is 0. The van der Waals surface area contributed by atoms with E-state index in [9.17, 15) is 5.26 Å². The van der Waals surface area contributed by atoms with Gasteiger partial charge in [0.2, 0.25) is 0 Å². The molecule has 7 nitrogen and oxygen atoms in total. The zero-order valence-corrected chi connectivity index (χ0v) is 39.0. The van der Waals surface area contributed by atoms with E-state index in [4.69, 9.17) is 14.1 Å². The fourth-order valence-electron chi connectivity index (χ4n) is 9.23. The Morgan fingerprint density at radius 1 is 0.627 bits per heavy atom. The van der Waals surface area contributed by atoms with Crippen molar-refractivity contribution in [3.8, 4) is 57.0 Å². The van der Waals surface area contributed by atoms with Crippen molar-refractivity contribution in [2.45, 2.75) is 26.2 Å². The normalized spacial score (nSPS) is 11.7. The van der Waals surface area contributed by atoms with E-state index in [0.717, 1.165) is 94.2 Å². The number of hydrogen-bond acceptors (Lipinski definition) is 4. The van der Waals surface area contributed by atoms with Crippen molar-refractivity contribution in [3.63, 3.8) is 0 Å². The van der Waals surface area contributed by atoms with Crippen LogP contribution in [0.4, 0.5) is 0 Å². The van der Waals surface area contributed by atoms with Crippen LogP contribution in [0.1, 0.15) is 31.9 Å². The van der Waals surface area contributed by atoms with Gasteiger partial charge in [0.05, 0.1) is 28.4 Å². The maximum atomic E-state index is 9.96. The third kappa shape index (κ3) is 7.18. The van der Waals surface area contributed by atoms with Crippen LogP contribution in [-0.4, -0.2) is 14.1 Å². The minimum Gasteiger partial charge on any atom is -0.510 e. The van der Waals surface area contributed by atoms with Crippen LogP contribution in [0.25, 0.3) is 94.2 Å². The third-order valence-corrected chi connectivity index (χ3v) is 12.4. The number of furan rings is 1. The van der Waals surface area contributed by atoms with Crippen molar-refractivity contribution in [1.29, 1.82) is 5.26 Å². The average molecular weight is 1050 g/mol. The summed E-state index contributed by atoms with van der Waals surface area (Å²) in [6.45, 7) is 6.64. The van der Waals surface area contributed by atoms with Gasteiger partial charge in [-0.25, -0.2) is 4.98 Å². The second kappa shape index (κ2) is 16.4. The molecule has 0 unspecified atom stereocenters. The Hall–Kier alpha value is -8.04. The van der Waals surface area contributed by atoms with Crippen LogP contribution in [-0.2, 0) is 26.5 Å². The molecule has 12 aromatic rings. The van der Waals surface area contributed by atoms with Gasteiger partial charge in [-0.1, -0.05) is 123 Å². The molecule has 4 heterocycles. The summed E-state index contributed by atoms with van der Waals surface area (Å²) in [5.41, 5.74) is 12.8. The Kier molecular flexibility index (Phi) is 10.2. The van der Waals surface area contributed by atoms with Gasteiger partial charge in [0.1, 0.15) is 17.0 Å². The molecule has 324 valence electrons. The quantitative estimate of drug-likeness (QED) is 0.118. The largest absolute Gasteiger partial charge is 0.510 e. The predicted molar refractivity (Wildman–Crippen MR) is 262 cm³/mol. The molecule has 8 heteroatoms. The Morgan fingerprint density at radius 3 is 2.18 bits per heavy atom. The molecule has 67 heavy (non-hydrogen) atoms. The second-order valence-corrected chi connectivity index (χ2v) is 17.6. The fraction of sp³-hybridized carbons (Fsp3) is 0.0678. The van der Waals surface area contributed by atoms with Crippen LogP contribution in [0.15, 0.2) is 187 Å². The van der Waals surface area contributed by atoms with Gasteiger partial charge in [-0.15, -0.1) is 29.7 Å². The molecule has 0 amide bonds. The van der Waals surface area contributed by atoms with Gasteiger partial charge in [-0.3, -0.25) is 4.57 Å². The van der Waals surface area contributed by atoms with Gasteiger partial charge in [0.15, 0.2) is 0 Å². The molecular formula is C59H39N5O2Pt-2. The van der Waals surface area contributed by atoms with Crippen molar-refractivity contribution < 1.29 is 34.8 Å². The van der Waals surface area contributed by atoms with Crippen LogP contribution in [0.5, 0.6) is 11.5 Å². The summed E-state index contributed by atoms with van der Waals surface area (Å²) in [5, 5.41) is 14.2. The van der Waals surface area contributed by atoms with E-state index < -0.39 is 0 Å². The first-order chi connectivity index (χ1) is 32.3. The van der Waals surface area contributed by atoms with E-state index in [0.29, 0.717) is 17.1 Å². The molecule has 0 radical (unpaired) electrons. The number of para-hydroxylation sites is 5. The Bertz CT molecular complexity index is 3940. The van der Waals surface area contributed by atoms with Gasteiger partial charge in [-0.05, 0) is 92.8 Å². The molecule has 0 N–H and O–H groups in total. The Labute approximate surface area is 401 Å². The van der Waals surface area contributed by atoms with E-state index in [2.05, 4.69) is 151 Å². The first-order valence-corrected chi connectivity index (χ1v) is 21.9. The zero-order valence-electron chi connectivity index (χ0n) is 36.7. The number of hydrogen-bond donors (Lipinski definition) is 0. The summed E-state index contributed by atoms with van der Waals surface area (Å²) in [4.78, 5) is 4.85. The minimum absolute atomic E-state index is 0. The third-order valence-electron chi connectivity index (χ3n) is 12.4. The standard InChI is InChI=1S/C59H39N5O2.Pt/c1-59(2,3)41-29-30-61-57(33-41)64-51-21-6-4-17-47(51)48-27-26-44(35-54(48)64)65-43-16-11-15-42(34-43)62-37-63(53-23-8-7-22-52(53)62)58-45(39-14-10-13-38(31-39)36-60)19-12-20-46(58)40-25-28-56-50(32-40)49-18-5-9-24-55(49)66-56;/h4-33H,1-3H3;/q-2;. The molecule has 0 aliphatic carbocycles. The predicted octanol–water partition coefficient (Wildman–Crippen LogP) is 14.0. The van der Waals surface area contributed by atoms with Crippen LogP contribution < -0.4 is 9.30 Å². The van der Waals surface area contributed by atoms with Gasteiger partial charge < -0.3 is 18.3 Å². The monoisotopic (exact) mass is 1040 g/mol. The molecule has 0 saturated heterocycles. The fourth-order valence-corrected chi connectivity index (χ4v) is 9.23. The van der Waals surface area contributed by atoms with Crippen LogP contribution in [0.2, 0.25) is 0 Å². The second-order valence-electron chi connectivity index (χ2n) is 17.6. The van der Waals surface area contributed by atoms with Crippen molar-refractivity contribution in [1.82, 2.24) is 14.1 Å². The van der Waals surface area contributed by atoms with E-state index >= 15 is 0 Å². The van der Waals surface area contributed by atoms with E-state index in [1.165, 1.54) is 5.56 Å². The number of nitrogens with zero attached hydrogens (tertiary/aromatic N) is 5. The van der Waals surface area contributed by atoms with Gasteiger partial charge in [0.25, 0.3) is 6.33 Å². The summed E-state index contributed by atoms with van der Waals surface area (Å²) in [6.07, 6.45) is 5.63. The summed E-state index contributed by atoms with van der Waals surface area (Å²) < 4.78 is 19.2. The number of aromatic nitrogens is 4. The minimum atomic E-state index is -0.0437. The summed E-state index contributed by atoms with van der Waals surface area (Å²) in [5.74, 6) is 1.92. The van der Waals surface area contributed by atoms with Crippen LogP contribution >= 0.6 is 0 Å². The molecule has 0 aliphatic heterocycles. The number of imidazole rings is 1. The van der Waals surface area contributed by atoms with E-state index in [-0.39, 0.29) is 26.5 Å². The first kappa shape index (κ1) is 41.6. The van der Waals surface area contributed by atoms with Crippen molar-refractivity contribution >= 4 is 54.8 Å². The molecule has 0 saturated carbocycles. The SMILES string of the molecule is CC(C)(C)c1ccnc(-n2c3[c-]c(Oc4[c-]c(-n5[c-][n+](-c6c(-c7cccc(C#N)c7)cccc6-c6ccc7oc8ccccc8c7c6)c6ccccc65)ccc4)ccc3c3ccccc32)c1.[Pt]. The number of nitriles is 1. The smallest absolute Gasteiger partial charge is 0.268 e. The number of benzene rings is 8. The number of ether oxygens (including phenoxy) is 1. The molecule has 0 aliphatic rings. The molecule has 0 bridgehead atoms. The first-order valence-electron chi connectivity index (χ1n) is 21.9. The van der Waals surface area contributed by atoms with E-state index in [1.54, 1.807) is 0 Å².